The molecule has 0 saturated carbocycles. The van der Waals surface area contributed by atoms with Gasteiger partial charge in [0, 0.05) is 37.4 Å². The lowest BCUT2D eigenvalue weighted by molar-refractivity contribution is 0.305. The molecule has 0 radical (unpaired) electrons. The molecule has 0 saturated heterocycles. The molecule has 3 nitrogen and oxygen atoms in total. The first kappa shape index (κ1) is 16.2. The van der Waals surface area contributed by atoms with Crippen LogP contribution in [0.4, 0.5) is 0 Å². The Morgan fingerprint density at radius 2 is 2.04 bits per heavy atom. The van der Waals surface area contributed by atoms with Gasteiger partial charge in [0.1, 0.15) is 5.15 Å². The van der Waals surface area contributed by atoms with E-state index >= 15 is 0 Å². The highest BCUT2D eigenvalue weighted by molar-refractivity contribution is 6.29. The molecule has 25 heavy (non-hydrogen) atoms. The number of pyridine rings is 2. The molecule has 0 N–H and O–H groups in total. The van der Waals surface area contributed by atoms with Crippen molar-refractivity contribution in [3.63, 3.8) is 0 Å². The van der Waals surface area contributed by atoms with Gasteiger partial charge >= 0.3 is 0 Å². The summed E-state index contributed by atoms with van der Waals surface area (Å²) in [6.45, 7) is 3.10. The molecule has 0 spiro atoms. The fourth-order valence-corrected chi connectivity index (χ4v) is 3.48. The van der Waals surface area contributed by atoms with Crippen molar-refractivity contribution in [2.24, 2.45) is 0 Å². The van der Waals surface area contributed by atoms with Crippen molar-refractivity contribution in [1.82, 2.24) is 14.9 Å². The summed E-state index contributed by atoms with van der Waals surface area (Å²) in [6.07, 6.45) is 8.14. The van der Waals surface area contributed by atoms with Crippen LogP contribution in [0.25, 0.3) is 16.3 Å². The quantitative estimate of drug-likeness (QED) is 0.644. The van der Waals surface area contributed by atoms with Crippen LogP contribution < -0.4 is 0 Å². The Morgan fingerprint density at radius 3 is 2.88 bits per heavy atom. The number of hydrogen-bond donors (Lipinski definition) is 0. The maximum Gasteiger partial charge on any atom is 0.129 e. The van der Waals surface area contributed by atoms with Crippen molar-refractivity contribution in [3.05, 3.63) is 77.3 Å². The van der Waals surface area contributed by atoms with Crippen LogP contribution in [-0.4, -0.2) is 34.5 Å². The number of aromatic nitrogens is 2. The van der Waals surface area contributed by atoms with Crippen molar-refractivity contribution in [3.8, 4) is 0 Å². The first-order valence-electron chi connectivity index (χ1n) is 8.65. The molecule has 0 bridgehead atoms. The van der Waals surface area contributed by atoms with Crippen LogP contribution in [-0.2, 0) is 6.42 Å². The standard InChI is InChI=1S/C21H20ClN3/c22-21-3-1-2-20(24-21)18-8-12-25(13-9-18)11-7-16-4-5-17-6-10-23-15-19(17)14-16/h1-6,8,10,14-15H,7,9,11-13H2. The maximum atomic E-state index is 6.00. The van der Waals surface area contributed by atoms with Crippen LogP contribution in [0.15, 0.2) is 60.9 Å². The first-order chi connectivity index (χ1) is 12.3. The molecule has 0 unspecified atom stereocenters. The van der Waals surface area contributed by atoms with Gasteiger partial charge in [-0.1, -0.05) is 35.9 Å². The molecular formula is C21H20ClN3. The Bertz CT molecular complexity index is 920. The van der Waals surface area contributed by atoms with E-state index in [9.17, 15) is 0 Å². The third-order valence-corrected chi connectivity index (χ3v) is 4.97. The fourth-order valence-electron chi connectivity index (χ4n) is 3.31. The molecule has 0 fully saturated rings. The summed E-state index contributed by atoms with van der Waals surface area (Å²) in [5, 5.41) is 3.03. The van der Waals surface area contributed by atoms with E-state index in [0.29, 0.717) is 5.15 Å². The summed E-state index contributed by atoms with van der Waals surface area (Å²) in [5.74, 6) is 0. The Morgan fingerprint density at radius 1 is 1.08 bits per heavy atom. The first-order valence-corrected chi connectivity index (χ1v) is 9.03. The second kappa shape index (κ2) is 7.34. The highest BCUT2D eigenvalue weighted by atomic mass is 35.5. The number of nitrogens with zero attached hydrogens (tertiary/aromatic N) is 3. The largest absolute Gasteiger partial charge is 0.299 e. The van der Waals surface area contributed by atoms with Gasteiger partial charge in [-0.2, -0.15) is 0 Å². The molecule has 4 rings (SSSR count). The van der Waals surface area contributed by atoms with Gasteiger partial charge in [-0.3, -0.25) is 9.88 Å². The third-order valence-electron chi connectivity index (χ3n) is 4.76. The van der Waals surface area contributed by atoms with Gasteiger partial charge in [-0.15, -0.1) is 0 Å². The minimum absolute atomic E-state index is 0.562. The summed E-state index contributed by atoms with van der Waals surface area (Å²) < 4.78 is 0. The highest BCUT2D eigenvalue weighted by Gasteiger charge is 2.14. The molecule has 0 atom stereocenters. The minimum atomic E-state index is 0.562. The van der Waals surface area contributed by atoms with Crippen LogP contribution >= 0.6 is 11.6 Å². The number of hydrogen-bond acceptors (Lipinski definition) is 3. The average molecular weight is 350 g/mol. The molecule has 0 aliphatic carbocycles. The van der Waals surface area contributed by atoms with E-state index in [1.54, 1.807) is 0 Å². The number of halogens is 1. The van der Waals surface area contributed by atoms with Gasteiger partial charge in [-0.25, -0.2) is 4.98 Å². The fraction of sp³-hybridized carbons (Fsp3) is 0.238. The van der Waals surface area contributed by atoms with Crippen molar-refractivity contribution in [2.45, 2.75) is 12.8 Å². The number of benzene rings is 1. The molecule has 1 aliphatic heterocycles. The lowest BCUT2D eigenvalue weighted by atomic mass is 10.0. The lowest BCUT2D eigenvalue weighted by Crippen LogP contribution is -2.30. The van der Waals surface area contributed by atoms with Crippen LogP contribution in [0, 0.1) is 0 Å². The maximum absolute atomic E-state index is 6.00. The molecule has 1 aromatic carbocycles. The predicted molar refractivity (Wildman–Crippen MR) is 104 cm³/mol. The van der Waals surface area contributed by atoms with E-state index in [1.807, 2.05) is 30.6 Å². The summed E-state index contributed by atoms with van der Waals surface area (Å²) in [7, 11) is 0. The monoisotopic (exact) mass is 349 g/mol. The Balaban J connectivity index is 1.38. The van der Waals surface area contributed by atoms with Crippen molar-refractivity contribution >= 4 is 27.9 Å². The van der Waals surface area contributed by atoms with E-state index in [4.69, 9.17) is 11.6 Å². The van der Waals surface area contributed by atoms with Gasteiger partial charge in [0.05, 0.1) is 5.69 Å². The van der Waals surface area contributed by atoms with Crippen LogP contribution in [0.2, 0.25) is 5.15 Å². The SMILES string of the molecule is Clc1cccc(C2=CCN(CCc3ccc4ccncc4c3)CC2)n1. The van der Waals surface area contributed by atoms with Gasteiger partial charge in [0.2, 0.25) is 0 Å². The Kier molecular flexibility index (Phi) is 4.77. The number of fused-ring (bicyclic) bond motifs is 1. The van der Waals surface area contributed by atoms with Crippen LogP contribution in [0.3, 0.4) is 0 Å². The lowest BCUT2D eigenvalue weighted by Gasteiger charge is -2.26. The zero-order valence-electron chi connectivity index (χ0n) is 14.0. The van der Waals surface area contributed by atoms with E-state index in [0.717, 1.165) is 38.2 Å². The van der Waals surface area contributed by atoms with E-state index in [1.165, 1.54) is 21.9 Å². The third kappa shape index (κ3) is 3.89. The second-order valence-corrected chi connectivity index (χ2v) is 6.82. The summed E-state index contributed by atoms with van der Waals surface area (Å²) >= 11 is 6.00. The van der Waals surface area contributed by atoms with E-state index in [-0.39, 0.29) is 0 Å². The zero-order chi connectivity index (χ0) is 17.1. The van der Waals surface area contributed by atoms with Gasteiger partial charge in [-0.05, 0) is 53.6 Å². The molecule has 0 amide bonds. The number of rotatable bonds is 4. The Hall–Kier alpha value is -2.23. The molecule has 126 valence electrons. The van der Waals surface area contributed by atoms with Crippen molar-refractivity contribution in [1.29, 1.82) is 0 Å². The van der Waals surface area contributed by atoms with E-state index < -0.39 is 0 Å². The second-order valence-electron chi connectivity index (χ2n) is 6.43. The van der Waals surface area contributed by atoms with Crippen molar-refractivity contribution in [2.75, 3.05) is 19.6 Å². The average Bonchev–Trinajstić information content (AvgIpc) is 2.66. The van der Waals surface area contributed by atoms with Crippen LogP contribution in [0.5, 0.6) is 0 Å². The molecule has 2 aromatic heterocycles. The molecule has 3 aromatic rings. The Labute approximate surface area is 153 Å². The molecule has 1 aliphatic rings. The molecule has 3 heterocycles. The van der Waals surface area contributed by atoms with Gasteiger partial charge < -0.3 is 0 Å². The summed E-state index contributed by atoms with van der Waals surface area (Å²) in [6, 6.07) is 14.5. The van der Waals surface area contributed by atoms with E-state index in [2.05, 4.69) is 45.2 Å². The normalized spacial score (nSPS) is 15.3. The molecular weight excluding hydrogens is 330 g/mol. The highest BCUT2D eigenvalue weighted by Crippen LogP contribution is 2.22. The smallest absolute Gasteiger partial charge is 0.129 e. The van der Waals surface area contributed by atoms with Gasteiger partial charge in [0.25, 0.3) is 0 Å². The van der Waals surface area contributed by atoms with Gasteiger partial charge in [0.15, 0.2) is 0 Å². The summed E-state index contributed by atoms with van der Waals surface area (Å²) in [4.78, 5) is 11.1. The molecule has 4 heteroatoms. The summed E-state index contributed by atoms with van der Waals surface area (Å²) in [5.41, 5.74) is 3.68. The predicted octanol–water partition coefficient (Wildman–Crippen LogP) is 4.62. The topological polar surface area (TPSA) is 29.0 Å². The van der Waals surface area contributed by atoms with Crippen LogP contribution in [0.1, 0.15) is 17.7 Å². The minimum Gasteiger partial charge on any atom is -0.299 e. The van der Waals surface area contributed by atoms with Crippen molar-refractivity contribution < 1.29 is 0 Å². The zero-order valence-corrected chi connectivity index (χ0v) is 14.8.